The van der Waals surface area contributed by atoms with E-state index in [-0.39, 0.29) is 12.2 Å². The van der Waals surface area contributed by atoms with Crippen LogP contribution in [-0.2, 0) is 9.78 Å². The molecule has 0 aromatic heterocycles. The van der Waals surface area contributed by atoms with Crippen LogP contribution < -0.4 is 0 Å². The maximum atomic E-state index is 9.17. The van der Waals surface area contributed by atoms with Crippen LogP contribution in [-0.4, -0.2) is 35.6 Å². The summed E-state index contributed by atoms with van der Waals surface area (Å²) < 4.78 is 0. The monoisotopic (exact) mass is 206 g/mol. The molecule has 0 spiro atoms. The van der Waals surface area contributed by atoms with Gasteiger partial charge in [0.05, 0.1) is 25.4 Å². The van der Waals surface area contributed by atoms with Crippen LogP contribution in [0.4, 0.5) is 0 Å². The number of aliphatic hydroxyl groups excluding tert-OH is 2. The Morgan fingerprint density at radius 1 is 0.857 bits per heavy atom. The minimum atomic E-state index is -0.306. The van der Waals surface area contributed by atoms with Crippen LogP contribution in [0.2, 0.25) is 0 Å². The molecule has 0 radical (unpaired) electrons. The third kappa shape index (κ3) is 8.44. The van der Waals surface area contributed by atoms with E-state index in [0.29, 0.717) is 26.1 Å². The molecule has 0 heterocycles. The molecule has 0 fully saturated rings. The average molecular weight is 206 g/mol. The van der Waals surface area contributed by atoms with Gasteiger partial charge in [-0.1, -0.05) is 13.8 Å². The second-order valence-electron chi connectivity index (χ2n) is 3.35. The molecule has 0 aromatic carbocycles. The summed E-state index contributed by atoms with van der Waals surface area (Å²) in [6.45, 7) is 4.64. The summed E-state index contributed by atoms with van der Waals surface area (Å²) in [5.74, 6) is 0. The number of rotatable bonds is 9. The minimum absolute atomic E-state index is 0.306. The van der Waals surface area contributed by atoms with E-state index in [1.54, 1.807) is 0 Å². The largest absolute Gasteiger partial charge is 0.393 e. The topological polar surface area (TPSA) is 58.9 Å². The summed E-state index contributed by atoms with van der Waals surface area (Å²) in [6.07, 6.45) is 2.04. The lowest BCUT2D eigenvalue weighted by Gasteiger charge is -2.09. The van der Waals surface area contributed by atoms with E-state index >= 15 is 0 Å². The molecule has 0 rings (SSSR count). The van der Waals surface area contributed by atoms with E-state index in [1.807, 2.05) is 13.8 Å². The molecule has 0 saturated heterocycles. The third-order valence-electron chi connectivity index (χ3n) is 2.09. The Kier molecular flexibility index (Phi) is 9.29. The average Bonchev–Trinajstić information content (AvgIpc) is 2.22. The van der Waals surface area contributed by atoms with Crippen LogP contribution in [0.15, 0.2) is 0 Å². The maximum absolute atomic E-state index is 9.17. The second kappa shape index (κ2) is 9.40. The number of aliphatic hydroxyl groups is 2. The molecule has 0 amide bonds. The van der Waals surface area contributed by atoms with Crippen LogP contribution in [0.1, 0.15) is 39.5 Å². The van der Waals surface area contributed by atoms with Crippen LogP contribution >= 0.6 is 0 Å². The fraction of sp³-hybridized carbons (Fsp3) is 1.00. The minimum Gasteiger partial charge on any atom is -0.393 e. The molecule has 2 N–H and O–H groups in total. The molecule has 4 nitrogen and oxygen atoms in total. The first kappa shape index (κ1) is 13.8. The molecule has 2 unspecified atom stereocenters. The lowest BCUT2D eigenvalue weighted by molar-refractivity contribution is -0.299. The van der Waals surface area contributed by atoms with Gasteiger partial charge in [-0.15, -0.1) is 0 Å². The molecule has 0 aliphatic heterocycles. The Labute approximate surface area is 85.8 Å². The highest BCUT2D eigenvalue weighted by molar-refractivity contribution is 4.50. The van der Waals surface area contributed by atoms with Gasteiger partial charge in [-0.25, -0.2) is 9.78 Å². The zero-order chi connectivity index (χ0) is 10.8. The van der Waals surface area contributed by atoms with Crippen molar-refractivity contribution in [2.45, 2.75) is 51.7 Å². The van der Waals surface area contributed by atoms with Gasteiger partial charge in [0.2, 0.25) is 0 Å². The summed E-state index contributed by atoms with van der Waals surface area (Å²) in [6, 6.07) is 0. The lowest BCUT2D eigenvalue weighted by Crippen LogP contribution is -2.12. The molecular formula is C10H22O4. The van der Waals surface area contributed by atoms with E-state index in [0.717, 1.165) is 12.8 Å². The Bertz CT molecular complexity index is 105. The molecule has 86 valence electrons. The molecule has 14 heavy (non-hydrogen) atoms. The van der Waals surface area contributed by atoms with Gasteiger partial charge in [0.15, 0.2) is 0 Å². The van der Waals surface area contributed by atoms with Gasteiger partial charge in [0, 0.05) is 0 Å². The summed E-state index contributed by atoms with van der Waals surface area (Å²) in [4.78, 5) is 9.66. The summed E-state index contributed by atoms with van der Waals surface area (Å²) >= 11 is 0. The number of hydrogen-bond donors (Lipinski definition) is 2. The fourth-order valence-electron chi connectivity index (χ4n) is 0.894. The van der Waals surface area contributed by atoms with E-state index in [9.17, 15) is 0 Å². The predicted molar refractivity (Wildman–Crippen MR) is 53.7 cm³/mol. The highest BCUT2D eigenvalue weighted by Gasteiger charge is 2.02. The predicted octanol–water partition coefficient (Wildman–Crippen LogP) is 1.26. The molecule has 0 aliphatic rings. The Morgan fingerprint density at radius 3 is 1.50 bits per heavy atom. The van der Waals surface area contributed by atoms with Crippen molar-refractivity contribution in [3.05, 3.63) is 0 Å². The Morgan fingerprint density at radius 2 is 1.21 bits per heavy atom. The molecule has 0 saturated carbocycles. The molecule has 0 aliphatic carbocycles. The quantitative estimate of drug-likeness (QED) is 0.339. The zero-order valence-corrected chi connectivity index (χ0v) is 9.11. The summed E-state index contributed by atoms with van der Waals surface area (Å²) in [7, 11) is 0. The summed E-state index contributed by atoms with van der Waals surface area (Å²) in [5.41, 5.74) is 0. The first-order valence-electron chi connectivity index (χ1n) is 5.31. The van der Waals surface area contributed by atoms with E-state index in [2.05, 4.69) is 0 Å². The van der Waals surface area contributed by atoms with Crippen LogP contribution in [0.25, 0.3) is 0 Å². The zero-order valence-electron chi connectivity index (χ0n) is 9.11. The van der Waals surface area contributed by atoms with Crippen molar-refractivity contribution >= 4 is 0 Å². The van der Waals surface area contributed by atoms with Gasteiger partial charge >= 0.3 is 0 Å². The normalized spacial score (nSPS) is 15.4. The highest BCUT2D eigenvalue weighted by atomic mass is 17.2. The van der Waals surface area contributed by atoms with Gasteiger partial charge < -0.3 is 10.2 Å². The SMILES string of the molecule is CCC(O)CCOOCCC(O)CC. The van der Waals surface area contributed by atoms with E-state index in [1.165, 1.54) is 0 Å². The van der Waals surface area contributed by atoms with Crippen molar-refractivity contribution in [3.8, 4) is 0 Å². The van der Waals surface area contributed by atoms with Gasteiger partial charge in [0.25, 0.3) is 0 Å². The Balaban J connectivity index is 3.06. The van der Waals surface area contributed by atoms with Crippen molar-refractivity contribution in [3.63, 3.8) is 0 Å². The molecule has 4 heteroatoms. The first-order valence-corrected chi connectivity index (χ1v) is 5.31. The van der Waals surface area contributed by atoms with E-state index in [4.69, 9.17) is 20.0 Å². The molecular weight excluding hydrogens is 184 g/mol. The van der Waals surface area contributed by atoms with Crippen molar-refractivity contribution < 1.29 is 20.0 Å². The Hall–Kier alpha value is -0.160. The fourth-order valence-corrected chi connectivity index (χ4v) is 0.894. The van der Waals surface area contributed by atoms with Gasteiger partial charge in [-0.05, 0) is 25.7 Å². The van der Waals surface area contributed by atoms with Gasteiger partial charge in [0.1, 0.15) is 0 Å². The standard InChI is InChI=1S/C10H22O4/c1-3-9(11)5-7-13-14-8-6-10(12)4-2/h9-12H,3-8H2,1-2H3. The van der Waals surface area contributed by atoms with Crippen molar-refractivity contribution in [2.75, 3.05) is 13.2 Å². The third-order valence-corrected chi connectivity index (χ3v) is 2.09. The van der Waals surface area contributed by atoms with Crippen molar-refractivity contribution in [2.24, 2.45) is 0 Å². The summed E-state index contributed by atoms with van der Waals surface area (Å²) in [5, 5.41) is 18.3. The molecule has 2 atom stereocenters. The van der Waals surface area contributed by atoms with Crippen LogP contribution in [0.5, 0.6) is 0 Å². The maximum Gasteiger partial charge on any atom is 0.0846 e. The van der Waals surface area contributed by atoms with Crippen molar-refractivity contribution in [1.82, 2.24) is 0 Å². The van der Waals surface area contributed by atoms with Crippen molar-refractivity contribution in [1.29, 1.82) is 0 Å². The van der Waals surface area contributed by atoms with Gasteiger partial charge in [-0.3, -0.25) is 0 Å². The second-order valence-corrected chi connectivity index (χ2v) is 3.35. The first-order chi connectivity index (χ1) is 6.70. The smallest absolute Gasteiger partial charge is 0.0846 e. The molecule has 0 aromatic rings. The lowest BCUT2D eigenvalue weighted by atomic mass is 10.2. The highest BCUT2D eigenvalue weighted by Crippen LogP contribution is 1.99. The van der Waals surface area contributed by atoms with Crippen LogP contribution in [0, 0.1) is 0 Å². The number of hydrogen-bond acceptors (Lipinski definition) is 4. The molecule has 0 bridgehead atoms. The van der Waals surface area contributed by atoms with E-state index < -0.39 is 0 Å². The van der Waals surface area contributed by atoms with Gasteiger partial charge in [-0.2, -0.15) is 0 Å². The van der Waals surface area contributed by atoms with Crippen LogP contribution in [0.3, 0.4) is 0 Å².